The summed E-state index contributed by atoms with van der Waals surface area (Å²) in [7, 11) is 2.06. The number of fused-ring (bicyclic) bond motifs is 1. The van der Waals surface area contributed by atoms with Crippen molar-refractivity contribution >= 4 is 5.78 Å². The van der Waals surface area contributed by atoms with Crippen LogP contribution < -0.4 is 4.74 Å². The van der Waals surface area contributed by atoms with Gasteiger partial charge in [-0.2, -0.15) is 0 Å². The number of nitrogens with zero attached hydrogens (tertiary/aromatic N) is 1. The van der Waals surface area contributed by atoms with E-state index in [1.807, 2.05) is 18.2 Å². The van der Waals surface area contributed by atoms with E-state index in [9.17, 15) is 4.79 Å². The van der Waals surface area contributed by atoms with Crippen LogP contribution in [0.5, 0.6) is 5.75 Å². The Hall–Kier alpha value is -1.79. The number of terminal acetylenes is 1. The number of unbranched alkanes of at least 4 members (excludes halogenated alkanes) is 3. The minimum atomic E-state index is 0.271. The molecule has 1 aromatic rings. The molecule has 23 heavy (non-hydrogen) atoms. The highest BCUT2D eigenvalue weighted by Crippen LogP contribution is 2.25. The van der Waals surface area contributed by atoms with Gasteiger partial charge in [0.15, 0.2) is 5.78 Å². The second-order valence-corrected chi connectivity index (χ2v) is 6.30. The van der Waals surface area contributed by atoms with Crippen molar-refractivity contribution in [2.45, 2.75) is 44.9 Å². The molecule has 124 valence electrons. The molecule has 3 heteroatoms. The summed E-state index contributed by atoms with van der Waals surface area (Å²) >= 11 is 0. The largest absolute Gasteiger partial charge is 0.494 e. The van der Waals surface area contributed by atoms with Gasteiger partial charge in [0, 0.05) is 12.0 Å². The smallest absolute Gasteiger partial charge is 0.163 e. The molecule has 0 amide bonds. The van der Waals surface area contributed by atoms with E-state index in [0.717, 1.165) is 55.8 Å². The van der Waals surface area contributed by atoms with Crippen LogP contribution in [0.2, 0.25) is 0 Å². The molecule has 0 N–H and O–H groups in total. The van der Waals surface area contributed by atoms with Gasteiger partial charge in [-0.25, -0.2) is 0 Å². The maximum atomic E-state index is 11.8. The topological polar surface area (TPSA) is 29.5 Å². The molecule has 0 spiro atoms. The summed E-state index contributed by atoms with van der Waals surface area (Å²) in [5.41, 5.74) is 2.04. The third-order valence-corrected chi connectivity index (χ3v) is 4.29. The Morgan fingerprint density at radius 3 is 2.87 bits per heavy atom. The number of rotatable bonds is 9. The summed E-state index contributed by atoms with van der Waals surface area (Å²) in [4.78, 5) is 14.0. The molecule has 0 atom stereocenters. The van der Waals surface area contributed by atoms with E-state index in [1.54, 1.807) is 0 Å². The first-order valence-electron chi connectivity index (χ1n) is 8.61. The summed E-state index contributed by atoms with van der Waals surface area (Å²) in [6.45, 7) is 2.53. The zero-order chi connectivity index (χ0) is 16.5. The Balaban J connectivity index is 1.62. The summed E-state index contributed by atoms with van der Waals surface area (Å²) in [6, 6.07) is 5.89. The molecule has 0 bridgehead atoms. The maximum Gasteiger partial charge on any atom is 0.163 e. The van der Waals surface area contributed by atoms with Crippen LogP contribution in [0.15, 0.2) is 18.2 Å². The third-order valence-electron chi connectivity index (χ3n) is 4.29. The highest BCUT2D eigenvalue weighted by atomic mass is 16.5. The van der Waals surface area contributed by atoms with Gasteiger partial charge >= 0.3 is 0 Å². The molecule has 0 fully saturated rings. The van der Waals surface area contributed by atoms with Crippen molar-refractivity contribution in [3.05, 3.63) is 29.3 Å². The van der Waals surface area contributed by atoms with Crippen molar-refractivity contribution in [3.8, 4) is 18.1 Å². The first-order valence-corrected chi connectivity index (χ1v) is 8.61. The van der Waals surface area contributed by atoms with E-state index in [4.69, 9.17) is 11.2 Å². The summed E-state index contributed by atoms with van der Waals surface area (Å²) in [5, 5.41) is 0. The quantitative estimate of drug-likeness (QED) is 0.514. The molecule has 0 aliphatic heterocycles. The number of ketones is 1. The van der Waals surface area contributed by atoms with Crippen molar-refractivity contribution in [2.75, 3.05) is 26.7 Å². The second kappa shape index (κ2) is 9.37. The van der Waals surface area contributed by atoms with Crippen LogP contribution in [0.3, 0.4) is 0 Å². The van der Waals surface area contributed by atoms with Gasteiger partial charge in [0.1, 0.15) is 5.75 Å². The first-order chi connectivity index (χ1) is 11.2. The van der Waals surface area contributed by atoms with E-state index in [0.29, 0.717) is 6.42 Å². The van der Waals surface area contributed by atoms with Crippen molar-refractivity contribution in [1.82, 2.24) is 4.90 Å². The van der Waals surface area contributed by atoms with E-state index in [2.05, 4.69) is 17.9 Å². The van der Waals surface area contributed by atoms with Gasteiger partial charge in [0.05, 0.1) is 13.2 Å². The second-order valence-electron chi connectivity index (χ2n) is 6.30. The molecule has 1 aliphatic carbocycles. The summed E-state index contributed by atoms with van der Waals surface area (Å²) in [6.07, 6.45) is 12.5. The number of carbonyl (C=O) groups is 1. The molecule has 0 aromatic heterocycles. The zero-order valence-corrected chi connectivity index (χ0v) is 14.1. The molecule has 1 aliphatic rings. The van der Waals surface area contributed by atoms with Crippen molar-refractivity contribution in [2.24, 2.45) is 0 Å². The molecule has 0 unspecified atom stereocenters. The Labute approximate surface area is 140 Å². The monoisotopic (exact) mass is 313 g/mol. The standard InChI is InChI=1S/C20H27NO2/c1-3-13-21(2)14-6-4-5-7-15-23-18-11-12-19-17(16-18)9-8-10-20(19)22/h1,11-12,16H,4-10,13-15H2,2H3. The third kappa shape index (κ3) is 5.73. The number of Topliss-reactive ketones (excluding diaryl/α,β-unsaturated/α-hetero) is 1. The lowest BCUT2D eigenvalue weighted by Crippen LogP contribution is -2.19. The summed E-state index contributed by atoms with van der Waals surface area (Å²) < 4.78 is 5.83. The molecule has 0 radical (unpaired) electrons. The zero-order valence-electron chi connectivity index (χ0n) is 14.1. The van der Waals surface area contributed by atoms with Gasteiger partial charge in [-0.05, 0) is 63.0 Å². The summed E-state index contributed by atoms with van der Waals surface area (Å²) in [5.74, 6) is 3.82. The predicted octanol–water partition coefficient (Wildman–Crippen LogP) is 3.71. The van der Waals surface area contributed by atoms with E-state index in [-0.39, 0.29) is 5.78 Å². The van der Waals surface area contributed by atoms with E-state index >= 15 is 0 Å². The Kier molecular flexibility index (Phi) is 7.16. The van der Waals surface area contributed by atoms with Gasteiger partial charge in [-0.1, -0.05) is 18.8 Å². The highest BCUT2D eigenvalue weighted by molar-refractivity contribution is 5.98. The molecule has 1 aromatic carbocycles. The lowest BCUT2D eigenvalue weighted by Gasteiger charge is -2.16. The van der Waals surface area contributed by atoms with E-state index in [1.165, 1.54) is 19.3 Å². The van der Waals surface area contributed by atoms with Crippen LogP contribution in [-0.4, -0.2) is 37.4 Å². The number of aryl methyl sites for hydroxylation is 1. The van der Waals surface area contributed by atoms with Gasteiger partial charge in [0.25, 0.3) is 0 Å². The van der Waals surface area contributed by atoms with Crippen LogP contribution in [0, 0.1) is 12.3 Å². The number of hydrogen-bond acceptors (Lipinski definition) is 3. The molecular formula is C20H27NO2. The van der Waals surface area contributed by atoms with Crippen molar-refractivity contribution in [1.29, 1.82) is 0 Å². The average Bonchev–Trinajstić information content (AvgIpc) is 2.54. The Morgan fingerprint density at radius 2 is 2.04 bits per heavy atom. The fourth-order valence-electron chi connectivity index (χ4n) is 2.98. The van der Waals surface area contributed by atoms with Gasteiger partial charge < -0.3 is 4.74 Å². The predicted molar refractivity (Wildman–Crippen MR) is 94.0 cm³/mol. The minimum absolute atomic E-state index is 0.271. The Morgan fingerprint density at radius 1 is 1.22 bits per heavy atom. The van der Waals surface area contributed by atoms with E-state index < -0.39 is 0 Å². The average molecular weight is 313 g/mol. The normalized spacial score (nSPS) is 13.7. The number of benzene rings is 1. The lowest BCUT2D eigenvalue weighted by atomic mass is 9.90. The molecule has 3 nitrogen and oxygen atoms in total. The Bertz CT molecular complexity index is 559. The van der Waals surface area contributed by atoms with Crippen LogP contribution in [-0.2, 0) is 6.42 Å². The van der Waals surface area contributed by atoms with Crippen molar-refractivity contribution < 1.29 is 9.53 Å². The van der Waals surface area contributed by atoms with Gasteiger partial charge in [-0.3, -0.25) is 9.69 Å². The van der Waals surface area contributed by atoms with Crippen molar-refractivity contribution in [3.63, 3.8) is 0 Å². The number of ether oxygens (including phenoxy) is 1. The molecule has 0 saturated heterocycles. The highest BCUT2D eigenvalue weighted by Gasteiger charge is 2.17. The van der Waals surface area contributed by atoms with Gasteiger partial charge in [0.2, 0.25) is 0 Å². The molecule has 2 rings (SSSR count). The number of hydrogen-bond donors (Lipinski definition) is 0. The fraction of sp³-hybridized carbons (Fsp3) is 0.550. The molecule has 0 heterocycles. The lowest BCUT2D eigenvalue weighted by molar-refractivity contribution is 0.0972. The maximum absolute atomic E-state index is 11.8. The van der Waals surface area contributed by atoms with Crippen LogP contribution in [0.25, 0.3) is 0 Å². The molecule has 0 saturated carbocycles. The van der Waals surface area contributed by atoms with Crippen LogP contribution in [0.1, 0.15) is 54.4 Å². The van der Waals surface area contributed by atoms with Crippen LogP contribution in [0.4, 0.5) is 0 Å². The minimum Gasteiger partial charge on any atom is -0.494 e. The molecular weight excluding hydrogens is 286 g/mol. The first kappa shape index (κ1) is 17.6. The van der Waals surface area contributed by atoms with Gasteiger partial charge in [-0.15, -0.1) is 6.42 Å². The fourth-order valence-corrected chi connectivity index (χ4v) is 2.98. The SMILES string of the molecule is C#CCN(C)CCCCCCOc1ccc2c(c1)CCCC2=O. The van der Waals surface area contributed by atoms with Crippen LogP contribution >= 0.6 is 0 Å². The number of carbonyl (C=O) groups excluding carboxylic acids is 1.